The van der Waals surface area contributed by atoms with Crippen LogP contribution in [0.25, 0.3) is 0 Å². The predicted octanol–water partition coefficient (Wildman–Crippen LogP) is 1.86. The molecule has 0 aromatic carbocycles. The maximum Gasteiger partial charge on any atom is 0.251 e. The first-order valence-electron chi connectivity index (χ1n) is 6.54. The number of carbonyl (C=O) groups excluding carboxylic acids is 1. The second-order valence-corrected chi connectivity index (χ2v) is 4.62. The van der Waals surface area contributed by atoms with Crippen molar-refractivity contribution >= 4 is 11.7 Å². The van der Waals surface area contributed by atoms with Crippen LogP contribution in [-0.4, -0.2) is 15.9 Å². The van der Waals surface area contributed by atoms with Gasteiger partial charge in [0.1, 0.15) is 5.82 Å². The number of hydrogen-bond donors (Lipinski definition) is 2. The first-order valence-corrected chi connectivity index (χ1v) is 6.54. The summed E-state index contributed by atoms with van der Waals surface area (Å²) in [6.45, 7) is 4.34. The molecule has 0 bridgehead atoms. The zero-order valence-electron chi connectivity index (χ0n) is 11.7. The number of rotatable bonds is 4. The lowest BCUT2D eigenvalue weighted by molar-refractivity contribution is 0.0950. The summed E-state index contributed by atoms with van der Waals surface area (Å²) in [4.78, 5) is 20.4. The van der Waals surface area contributed by atoms with Crippen molar-refractivity contribution in [2.24, 2.45) is 0 Å². The molecule has 0 aliphatic heterocycles. The summed E-state index contributed by atoms with van der Waals surface area (Å²) < 4.78 is 0. The van der Waals surface area contributed by atoms with Crippen molar-refractivity contribution in [1.29, 1.82) is 0 Å². The van der Waals surface area contributed by atoms with E-state index in [1.165, 1.54) is 0 Å². The topological polar surface area (TPSA) is 80.9 Å². The lowest BCUT2D eigenvalue weighted by Gasteiger charge is -2.07. The van der Waals surface area contributed by atoms with Crippen molar-refractivity contribution in [1.82, 2.24) is 15.3 Å². The normalized spacial score (nSPS) is 10.3. The van der Waals surface area contributed by atoms with Gasteiger partial charge in [0.15, 0.2) is 0 Å². The molecular formula is C15H18N4O. The third kappa shape index (κ3) is 3.54. The quantitative estimate of drug-likeness (QED) is 0.888. The number of amides is 1. The van der Waals surface area contributed by atoms with Crippen LogP contribution in [0.15, 0.2) is 30.5 Å². The number of hydrogen-bond acceptors (Lipinski definition) is 4. The van der Waals surface area contributed by atoms with Crippen LogP contribution in [0, 0.1) is 6.92 Å². The zero-order valence-corrected chi connectivity index (χ0v) is 11.7. The first kappa shape index (κ1) is 14.0. The molecule has 0 atom stereocenters. The maximum absolute atomic E-state index is 12.1. The third-order valence-corrected chi connectivity index (χ3v) is 2.95. The van der Waals surface area contributed by atoms with Crippen molar-refractivity contribution in [3.05, 3.63) is 53.0 Å². The fraction of sp³-hybridized carbons (Fsp3) is 0.267. The number of aromatic nitrogens is 2. The second kappa shape index (κ2) is 6.14. The van der Waals surface area contributed by atoms with Gasteiger partial charge in [-0.25, -0.2) is 4.98 Å². The van der Waals surface area contributed by atoms with E-state index in [0.717, 1.165) is 23.4 Å². The van der Waals surface area contributed by atoms with Crippen molar-refractivity contribution in [2.75, 3.05) is 5.73 Å². The number of pyridine rings is 2. The van der Waals surface area contributed by atoms with Gasteiger partial charge in [-0.1, -0.05) is 13.0 Å². The Morgan fingerprint density at radius 1 is 1.35 bits per heavy atom. The number of aryl methyl sites for hydroxylation is 2. The number of nitrogens with zero attached hydrogens (tertiary/aromatic N) is 2. The minimum Gasteiger partial charge on any atom is -0.384 e. The van der Waals surface area contributed by atoms with Gasteiger partial charge in [-0.3, -0.25) is 9.78 Å². The molecule has 2 aromatic rings. The average Bonchev–Trinajstić information content (AvgIpc) is 2.45. The lowest BCUT2D eigenvalue weighted by Crippen LogP contribution is -2.23. The Hall–Kier alpha value is -2.43. The summed E-state index contributed by atoms with van der Waals surface area (Å²) >= 11 is 0. The predicted molar refractivity (Wildman–Crippen MR) is 78.2 cm³/mol. The molecular weight excluding hydrogens is 252 g/mol. The van der Waals surface area contributed by atoms with Gasteiger partial charge in [0, 0.05) is 29.7 Å². The molecule has 2 aromatic heterocycles. The van der Waals surface area contributed by atoms with E-state index in [2.05, 4.69) is 15.3 Å². The van der Waals surface area contributed by atoms with Gasteiger partial charge in [0.25, 0.3) is 5.91 Å². The Kier molecular flexibility index (Phi) is 4.30. The number of anilines is 1. The highest BCUT2D eigenvalue weighted by atomic mass is 16.1. The van der Waals surface area contributed by atoms with Gasteiger partial charge in [-0.05, 0) is 37.1 Å². The van der Waals surface area contributed by atoms with Crippen molar-refractivity contribution in [3.63, 3.8) is 0 Å². The summed E-state index contributed by atoms with van der Waals surface area (Å²) in [5, 5.41) is 2.85. The van der Waals surface area contributed by atoms with Crippen LogP contribution >= 0.6 is 0 Å². The van der Waals surface area contributed by atoms with E-state index < -0.39 is 0 Å². The molecule has 0 spiro atoms. The van der Waals surface area contributed by atoms with Crippen LogP contribution < -0.4 is 11.1 Å². The van der Waals surface area contributed by atoms with E-state index in [1.807, 2.05) is 26.0 Å². The third-order valence-electron chi connectivity index (χ3n) is 2.95. The van der Waals surface area contributed by atoms with E-state index in [9.17, 15) is 4.79 Å². The highest BCUT2D eigenvalue weighted by Crippen LogP contribution is 2.09. The molecule has 5 heteroatoms. The molecule has 20 heavy (non-hydrogen) atoms. The fourth-order valence-corrected chi connectivity index (χ4v) is 1.81. The van der Waals surface area contributed by atoms with Gasteiger partial charge in [0.2, 0.25) is 0 Å². The summed E-state index contributed by atoms with van der Waals surface area (Å²) in [5.74, 6) is 0.209. The molecule has 2 heterocycles. The fourth-order valence-electron chi connectivity index (χ4n) is 1.81. The molecule has 3 N–H and O–H groups in total. The molecule has 0 saturated carbocycles. The van der Waals surface area contributed by atoms with Crippen molar-refractivity contribution < 1.29 is 4.79 Å². The maximum atomic E-state index is 12.1. The molecule has 0 fully saturated rings. The van der Waals surface area contributed by atoms with Crippen molar-refractivity contribution in [2.45, 2.75) is 26.8 Å². The van der Waals surface area contributed by atoms with E-state index >= 15 is 0 Å². The van der Waals surface area contributed by atoms with Crippen LogP contribution in [0.2, 0.25) is 0 Å². The summed E-state index contributed by atoms with van der Waals surface area (Å²) in [6.07, 6.45) is 2.50. The highest BCUT2D eigenvalue weighted by molar-refractivity contribution is 5.94. The van der Waals surface area contributed by atoms with E-state index in [0.29, 0.717) is 17.9 Å². The molecule has 2 rings (SSSR count). The number of nitrogens with two attached hydrogens (primary N) is 1. The number of nitrogen functional groups attached to an aromatic ring is 1. The van der Waals surface area contributed by atoms with Crippen LogP contribution in [0.1, 0.15) is 34.2 Å². The van der Waals surface area contributed by atoms with Crippen molar-refractivity contribution in [3.8, 4) is 0 Å². The largest absolute Gasteiger partial charge is 0.384 e. The number of carbonyl (C=O) groups is 1. The van der Waals surface area contributed by atoms with Gasteiger partial charge in [0.05, 0.1) is 0 Å². The Balaban J connectivity index is 2.04. The minimum atomic E-state index is -0.158. The molecule has 0 aliphatic carbocycles. The van der Waals surface area contributed by atoms with Crippen LogP contribution in [-0.2, 0) is 13.0 Å². The molecule has 0 aliphatic rings. The Bertz CT molecular complexity index is 608. The van der Waals surface area contributed by atoms with Crippen LogP contribution in [0.3, 0.4) is 0 Å². The standard InChI is InChI=1S/C15H18N4O/c1-3-13-6-12(7-14(16)19-13)15(20)18-9-11-5-4-10(2)17-8-11/h4-8H,3,9H2,1-2H3,(H2,16,19)(H,18,20). The minimum absolute atomic E-state index is 0.158. The Morgan fingerprint density at radius 3 is 2.80 bits per heavy atom. The molecule has 104 valence electrons. The summed E-state index contributed by atoms with van der Waals surface area (Å²) in [6, 6.07) is 7.21. The van der Waals surface area contributed by atoms with E-state index in [1.54, 1.807) is 18.3 Å². The first-order chi connectivity index (χ1) is 9.58. The zero-order chi connectivity index (χ0) is 14.5. The van der Waals surface area contributed by atoms with Crippen LogP contribution in [0.4, 0.5) is 5.82 Å². The van der Waals surface area contributed by atoms with Gasteiger partial charge < -0.3 is 11.1 Å². The average molecular weight is 270 g/mol. The summed E-state index contributed by atoms with van der Waals surface area (Å²) in [7, 11) is 0. The SMILES string of the molecule is CCc1cc(C(=O)NCc2ccc(C)nc2)cc(N)n1. The van der Waals surface area contributed by atoms with Gasteiger partial charge >= 0.3 is 0 Å². The molecule has 0 radical (unpaired) electrons. The molecule has 1 amide bonds. The Morgan fingerprint density at radius 2 is 2.15 bits per heavy atom. The smallest absolute Gasteiger partial charge is 0.251 e. The molecule has 0 saturated heterocycles. The summed E-state index contributed by atoms with van der Waals surface area (Å²) in [5.41, 5.74) is 8.96. The second-order valence-electron chi connectivity index (χ2n) is 4.62. The van der Waals surface area contributed by atoms with E-state index in [-0.39, 0.29) is 5.91 Å². The van der Waals surface area contributed by atoms with Crippen LogP contribution in [0.5, 0.6) is 0 Å². The molecule has 0 unspecified atom stereocenters. The number of nitrogens with one attached hydrogen (secondary N) is 1. The Labute approximate surface area is 118 Å². The monoisotopic (exact) mass is 270 g/mol. The molecule has 5 nitrogen and oxygen atoms in total. The highest BCUT2D eigenvalue weighted by Gasteiger charge is 2.08. The van der Waals surface area contributed by atoms with Gasteiger partial charge in [-0.2, -0.15) is 0 Å². The van der Waals surface area contributed by atoms with E-state index in [4.69, 9.17) is 5.73 Å². The van der Waals surface area contributed by atoms with Gasteiger partial charge in [-0.15, -0.1) is 0 Å². The lowest BCUT2D eigenvalue weighted by atomic mass is 10.1.